The second-order valence-corrected chi connectivity index (χ2v) is 4.70. The van der Waals surface area contributed by atoms with Gasteiger partial charge in [-0.15, -0.1) is 0 Å². The van der Waals surface area contributed by atoms with Gasteiger partial charge in [-0.1, -0.05) is 19.9 Å². The molecule has 0 atom stereocenters. The van der Waals surface area contributed by atoms with Gasteiger partial charge in [-0.2, -0.15) is 0 Å². The highest BCUT2D eigenvalue weighted by atomic mass is 16.5. The lowest BCUT2D eigenvalue weighted by molar-refractivity contribution is 0.378. The van der Waals surface area contributed by atoms with Crippen molar-refractivity contribution in [2.75, 3.05) is 13.7 Å². The van der Waals surface area contributed by atoms with E-state index in [1.165, 1.54) is 5.56 Å². The van der Waals surface area contributed by atoms with Crippen LogP contribution in [0.2, 0.25) is 0 Å². The Balaban J connectivity index is 2.17. The second-order valence-electron chi connectivity index (χ2n) is 4.70. The largest absolute Gasteiger partial charge is 0.493 e. The molecule has 0 saturated carbocycles. The molecular formula is C17H22N2O2. The minimum absolute atomic E-state index is 0.718. The molecule has 4 nitrogen and oxygen atoms in total. The van der Waals surface area contributed by atoms with E-state index in [1.807, 2.05) is 24.3 Å². The summed E-state index contributed by atoms with van der Waals surface area (Å²) < 4.78 is 11.3. The number of rotatable bonds is 7. The number of hydrogen-bond donors (Lipinski definition) is 1. The molecule has 1 N–H and O–H groups in total. The number of benzene rings is 1. The molecule has 0 radical (unpaired) electrons. The summed E-state index contributed by atoms with van der Waals surface area (Å²) in [7, 11) is 1.66. The van der Waals surface area contributed by atoms with Crippen LogP contribution in [0.3, 0.4) is 0 Å². The van der Waals surface area contributed by atoms with Crippen molar-refractivity contribution < 1.29 is 9.47 Å². The second kappa shape index (κ2) is 7.64. The van der Waals surface area contributed by atoms with E-state index in [1.54, 1.807) is 13.3 Å². The molecule has 2 rings (SSSR count). The molecule has 0 aliphatic heterocycles. The number of hydrogen-bond acceptors (Lipinski definition) is 4. The van der Waals surface area contributed by atoms with Crippen LogP contribution in [0.15, 0.2) is 36.5 Å². The van der Waals surface area contributed by atoms with Crippen molar-refractivity contribution >= 4 is 0 Å². The lowest BCUT2D eigenvalue weighted by atomic mass is 10.1. The maximum absolute atomic E-state index is 5.93. The Kier molecular flexibility index (Phi) is 5.58. The van der Waals surface area contributed by atoms with Gasteiger partial charge in [0.05, 0.1) is 12.8 Å². The van der Waals surface area contributed by atoms with Gasteiger partial charge in [0.25, 0.3) is 0 Å². The van der Waals surface area contributed by atoms with Crippen molar-refractivity contribution in [1.82, 2.24) is 10.3 Å². The predicted octanol–water partition coefficient (Wildman–Crippen LogP) is 3.55. The summed E-state index contributed by atoms with van der Waals surface area (Å²) in [6.07, 6.45) is 2.73. The third kappa shape index (κ3) is 4.20. The van der Waals surface area contributed by atoms with Gasteiger partial charge in [0.1, 0.15) is 5.75 Å². The monoisotopic (exact) mass is 286 g/mol. The lowest BCUT2D eigenvalue weighted by Crippen LogP contribution is -2.12. The van der Waals surface area contributed by atoms with Crippen LogP contribution in [0, 0.1) is 0 Å². The van der Waals surface area contributed by atoms with Crippen molar-refractivity contribution in [3.05, 3.63) is 47.8 Å². The van der Waals surface area contributed by atoms with Gasteiger partial charge in [-0.25, -0.2) is 0 Å². The van der Waals surface area contributed by atoms with Gasteiger partial charge >= 0.3 is 0 Å². The van der Waals surface area contributed by atoms with Crippen molar-refractivity contribution in [2.45, 2.75) is 26.8 Å². The summed E-state index contributed by atoms with van der Waals surface area (Å²) in [5.41, 5.74) is 2.18. The van der Waals surface area contributed by atoms with Crippen molar-refractivity contribution in [1.29, 1.82) is 0 Å². The maximum atomic E-state index is 5.93. The molecular weight excluding hydrogens is 264 g/mol. The van der Waals surface area contributed by atoms with E-state index in [0.717, 1.165) is 42.5 Å². The van der Waals surface area contributed by atoms with Gasteiger partial charge in [-0.3, -0.25) is 4.98 Å². The van der Waals surface area contributed by atoms with Gasteiger partial charge in [-0.05, 0) is 36.7 Å². The molecule has 21 heavy (non-hydrogen) atoms. The van der Waals surface area contributed by atoms with Crippen molar-refractivity contribution in [3.63, 3.8) is 0 Å². The van der Waals surface area contributed by atoms with E-state index < -0.39 is 0 Å². The lowest BCUT2D eigenvalue weighted by Gasteiger charge is -2.12. The Labute approximate surface area is 126 Å². The van der Waals surface area contributed by atoms with Crippen LogP contribution in [-0.4, -0.2) is 18.6 Å². The molecule has 0 aliphatic rings. The summed E-state index contributed by atoms with van der Waals surface area (Å²) in [4.78, 5) is 4.31. The minimum Gasteiger partial charge on any atom is -0.493 e. The zero-order chi connectivity index (χ0) is 15.1. The summed E-state index contributed by atoms with van der Waals surface area (Å²) in [6, 6.07) is 9.80. The third-order valence-electron chi connectivity index (χ3n) is 3.21. The van der Waals surface area contributed by atoms with E-state index in [9.17, 15) is 0 Å². The number of pyridine rings is 1. The molecule has 1 aromatic carbocycles. The first-order valence-corrected chi connectivity index (χ1v) is 7.27. The van der Waals surface area contributed by atoms with Crippen LogP contribution in [-0.2, 0) is 13.0 Å². The highest BCUT2D eigenvalue weighted by molar-refractivity contribution is 5.45. The van der Waals surface area contributed by atoms with Crippen LogP contribution >= 0.6 is 0 Å². The Morgan fingerprint density at radius 2 is 1.95 bits per heavy atom. The number of aromatic nitrogens is 1. The molecule has 0 unspecified atom stereocenters. The standard InChI is InChI=1S/C17H22N2O2/c1-4-13-6-7-16(17(10-13)20-3)21-15-8-9-19-14(11-15)12-18-5-2/h6-11,18H,4-5,12H2,1-3H3. The molecule has 0 bridgehead atoms. The summed E-state index contributed by atoms with van der Waals surface area (Å²) >= 11 is 0. The normalized spacial score (nSPS) is 10.4. The first kappa shape index (κ1) is 15.3. The smallest absolute Gasteiger partial charge is 0.169 e. The van der Waals surface area contributed by atoms with Gasteiger partial charge in [0.2, 0.25) is 0 Å². The number of methoxy groups -OCH3 is 1. The van der Waals surface area contributed by atoms with E-state index in [4.69, 9.17) is 9.47 Å². The number of aryl methyl sites for hydroxylation is 1. The summed E-state index contributed by atoms with van der Waals surface area (Å²) in [5.74, 6) is 2.23. The van der Waals surface area contributed by atoms with Crippen LogP contribution in [0.25, 0.3) is 0 Å². The first-order valence-electron chi connectivity index (χ1n) is 7.27. The first-order chi connectivity index (χ1) is 10.3. The van der Waals surface area contributed by atoms with E-state index in [2.05, 4.69) is 30.2 Å². The molecule has 1 aromatic heterocycles. The maximum Gasteiger partial charge on any atom is 0.169 e. The predicted molar refractivity (Wildman–Crippen MR) is 84.1 cm³/mol. The van der Waals surface area contributed by atoms with Gasteiger partial charge in [0, 0.05) is 18.8 Å². The minimum atomic E-state index is 0.718. The fourth-order valence-electron chi connectivity index (χ4n) is 2.01. The van der Waals surface area contributed by atoms with Gasteiger partial charge < -0.3 is 14.8 Å². The molecule has 0 spiro atoms. The molecule has 4 heteroatoms. The SMILES string of the molecule is CCNCc1cc(Oc2ccc(CC)cc2OC)ccn1. The summed E-state index contributed by atoms with van der Waals surface area (Å²) in [5, 5.41) is 3.25. The molecule has 1 heterocycles. The summed E-state index contributed by atoms with van der Waals surface area (Å²) in [6.45, 7) is 5.84. The Bertz CT molecular complexity index is 585. The molecule has 0 aliphatic carbocycles. The fourth-order valence-corrected chi connectivity index (χ4v) is 2.01. The zero-order valence-corrected chi connectivity index (χ0v) is 12.8. The Morgan fingerprint density at radius 3 is 2.67 bits per heavy atom. The molecule has 0 amide bonds. The molecule has 2 aromatic rings. The van der Waals surface area contributed by atoms with Crippen LogP contribution in [0.1, 0.15) is 25.1 Å². The van der Waals surface area contributed by atoms with Crippen LogP contribution < -0.4 is 14.8 Å². The number of nitrogens with one attached hydrogen (secondary N) is 1. The number of ether oxygens (including phenoxy) is 2. The zero-order valence-electron chi connectivity index (χ0n) is 12.8. The Morgan fingerprint density at radius 1 is 1.10 bits per heavy atom. The van der Waals surface area contributed by atoms with E-state index in [0.29, 0.717) is 0 Å². The van der Waals surface area contributed by atoms with Gasteiger partial charge in [0.15, 0.2) is 11.5 Å². The highest BCUT2D eigenvalue weighted by Crippen LogP contribution is 2.32. The average Bonchev–Trinajstić information content (AvgIpc) is 2.53. The van der Waals surface area contributed by atoms with E-state index in [-0.39, 0.29) is 0 Å². The van der Waals surface area contributed by atoms with E-state index >= 15 is 0 Å². The topological polar surface area (TPSA) is 43.4 Å². The quantitative estimate of drug-likeness (QED) is 0.845. The highest BCUT2D eigenvalue weighted by Gasteiger charge is 2.07. The number of nitrogens with zero attached hydrogens (tertiary/aromatic N) is 1. The van der Waals surface area contributed by atoms with Crippen LogP contribution in [0.5, 0.6) is 17.2 Å². The van der Waals surface area contributed by atoms with Crippen molar-refractivity contribution in [2.24, 2.45) is 0 Å². The third-order valence-corrected chi connectivity index (χ3v) is 3.21. The molecule has 112 valence electrons. The Hall–Kier alpha value is -2.07. The van der Waals surface area contributed by atoms with Crippen molar-refractivity contribution in [3.8, 4) is 17.2 Å². The average molecular weight is 286 g/mol. The molecule has 0 fully saturated rings. The fraction of sp³-hybridized carbons (Fsp3) is 0.353. The van der Waals surface area contributed by atoms with Crippen LogP contribution in [0.4, 0.5) is 0 Å². The molecule has 0 saturated heterocycles.